The van der Waals surface area contributed by atoms with Crippen molar-refractivity contribution in [3.63, 3.8) is 0 Å². The standard InChI is InChI=1S/C15H12F4N2O/c16-9-2-1-3-10(8-9)20-7-6-13(22)21-12-5-4-11(17)14(18)15(12)19/h1-5,8,20H,6-7H2,(H,21,22). The Labute approximate surface area is 124 Å². The SMILES string of the molecule is O=C(CCNc1cccc(F)c1)Nc1ccc(F)c(F)c1F. The second kappa shape index (κ2) is 6.93. The van der Waals surface area contributed by atoms with Gasteiger partial charge in [-0.2, -0.15) is 0 Å². The van der Waals surface area contributed by atoms with Gasteiger partial charge in [0.2, 0.25) is 5.91 Å². The molecule has 0 atom stereocenters. The summed E-state index contributed by atoms with van der Waals surface area (Å²) in [6.45, 7) is 0.167. The summed E-state index contributed by atoms with van der Waals surface area (Å²) in [6, 6.07) is 7.33. The zero-order valence-electron chi connectivity index (χ0n) is 11.3. The number of anilines is 2. The van der Waals surface area contributed by atoms with Gasteiger partial charge in [0, 0.05) is 18.7 Å². The molecule has 2 aromatic rings. The van der Waals surface area contributed by atoms with Gasteiger partial charge in [0.25, 0.3) is 0 Å². The lowest BCUT2D eigenvalue weighted by atomic mass is 10.2. The summed E-state index contributed by atoms with van der Waals surface area (Å²) < 4.78 is 52.1. The Morgan fingerprint density at radius 3 is 2.50 bits per heavy atom. The Morgan fingerprint density at radius 1 is 1.00 bits per heavy atom. The number of hydrogen-bond donors (Lipinski definition) is 2. The first-order valence-electron chi connectivity index (χ1n) is 6.40. The second-order valence-corrected chi connectivity index (χ2v) is 4.46. The maximum absolute atomic E-state index is 13.4. The Bertz CT molecular complexity index is 691. The van der Waals surface area contributed by atoms with Crippen LogP contribution in [0.15, 0.2) is 36.4 Å². The molecular weight excluding hydrogens is 300 g/mol. The van der Waals surface area contributed by atoms with Crippen LogP contribution in [0.3, 0.4) is 0 Å². The Balaban J connectivity index is 1.87. The number of halogens is 4. The zero-order chi connectivity index (χ0) is 16.1. The van der Waals surface area contributed by atoms with Crippen molar-refractivity contribution in [2.45, 2.75) is 6.42 Å². The molecule has 0 aliphatic rings. The van der Waals surface area contributed by atoms with E-state index in [-0.39, 0.29) is 13.0 Å². The lowest BCUT2D eigenvalue weighted by molar-refractivity contribution is -0.116. The van der Waals surface area contributed by atoms with Gasteiger partial charge in [0.1, 0.15) is 5.82 Å². The minimum atomic E-state index is -1.64. The van der Waals surface area contributed by atoms with Gasteiger partial charge in [0.15, 0.2) is 17.5 Å². The van der Waals surface area contributed by atoms with Crippen LogP contribution in [-0.4, -0.2) is 12.5 Å². The molecule has 22 heavy (non-hydrogen) atoms. The highest BCUT2D eigenvalue weighted by Crippen LogP contribution is 2.19. The topological polar surface area (TPSA) is 41.1 Å². The number of carbonyl (C=O) groups is 1. The van der Waals surface area contributed by atoms with Crippen LogP contribution < -0.4 is 10.6 Å². The summed E-state index contributed by atoms with van der Waals surface area (Å²) in [7, 11) is 0. The first kappa shape index (κ1) is 15.8. The molecule has 2 N–H and O–H groups in total. The number of benzene rings is 2. The van der Waals surface area contributed by atoms with Crippen LogP contribution >= 0.6 is 0 Å². The Morgan fingerprint density at radius 2 is 1.77 bits per heavy atom. The van der Waals surface area contributed by atoms with E-state index in [0.717, 1.165) is 12.1 Å². The van der Waals surface area contributed by atoms with Gasteiger partial charge in [0.05, 0.1) is 5.69 Å². The average Bonchev–Trinajstić information content (AvgIpc) is 2.48. The molecule has 0 bridgehead atoms. The summed E-state index contributed by atoms with van der Waals surface area (Å²) in [5.41, 5.74) is 0.0569. The highest BCUT2D eigenvalue weighted by Gasteiger charge is 2.14. The van der Waals surface area contributed by atoms with E-state index in [1.54, 1.807) is 6.07 Å². The van der Waals surface area contributed by atoms with Gasteiger partial charge < -0.3 is 10.6 Å². The minimum Gasteiger partial charge on any atom is -0.384 e. The fourth-order valence-corrected chi connectivity index (χ4v) is 1.75. The molecule has 0 fully saturated rings. The highest BCUT2D eigenvalue weighted by molar-refractivity contribution is 5.91. The van der Waals surface area contributed by atoms with Crippen LogP contribution in [0.4, 0.5) is 28.9 Å². The molecule has 0 unspecified atom stereocenters. The smallest absolute Gasteiger partial charge is 0.226 e. The van der Waals surface area contributed by atoms with E-state index in [9.17, 15) is 22.4 Å². The third-order valence-electron chi connectivity index (χ3n) is 2.82. The number of carbonyl (C=O) groups excluding carboxylic acids is 1. The van der Waals surface area contributed by atoms with E-state index < -0.39 is 34.9 Å². The normalized spacial score (nSPS) is 10.4. The van der Waals surface area contributed by atoms with Crippen LogP contribution in [0.25, 0.3) is 0 Å². The van der Waals surface area contributed by atoms with Crippen molar-refractivity contribution in [2.24, 2.45) is 0 Å². The van der Waals surface area contributed by atoms with Crippen molar-refractivity contribution in [3.8, 4) is 0 Å². The third kappa shape index (κ3) is 3.97. The maximum atomic E-state index is 13.4. The van der Waals surface area contributed by atoms with E-state index in [0.29, 0.717) is 5.69 Å². The van der Waals surface area contributed by atoms with Crippen LogP contribution in [0.2, 0.25) is 0 Å². The maximum Gasteiger partial charge on any atom is 0.226 e. The van der Waals surface area contributed by atoms with Crippen LogP contribution in [0, 0.1) is 23.3 Å². The molecule has 7 heteroatoms. The minimum absolute atomic E-state index is 0.0606. The lowest BCUT2D eigenvalue weighted by Gasteiger charge is -2.09. The van der Waals surface area contributed by atoms with E-state index in [2.05, 4.69) is 10.6 Å². The van der Waals surface area contributed by atoms with Crippen molar-refractivity contribution in [1.82, 2.24) is 0 Å². The van der Waals surface area contributed by atoms with Crippen LogP contribution in [-0.2, 0) is 4.79 Å². The van der Waals surface area contributed by atoms with Gasteiger partial charge in [-0.3, -0.25) is 4.79 Å². The van der Waals surface area contributed by atoms with Gasteiger partial charge >= 0.3 is 0 Å². The predicted octanol–water partition coefficient (Wildman–Crippen LogP) is 3.68. The number of amides is 1. The van der Waals surface area contributed by atoms with E-state index in [4.69, 9.17) is 0 Å². The molecule has 2 aromatic carbocycles. The predicted molar refractivity (Wildman–Crippen MR) is 74.5 cm³/mol. The molecule has 3 nitrogen and oxygen atoms in total. The molecular formula is C15H12F4N2O. The Kier molecular flexibility index (Phi) is 4.98. The molecule has 1 amide bonds. The second-order valence-electron chi connectivity index (χ2n) is 4.46. The van der Waals surface area contributed by atoms with E-state index in [1.807, 2.05) is 0 Å². The van der Waals surface area contributed by atoms with Gasteiger partial charge in [-0.1, -0.05) is 6.07 Å². The summed E-state index contributed by atoms with van der Waals surface area (Å²) in [6.07, 6.45) is -0.0606. The lowest BCUT2D eigenvalue weighted by Crippen LogP contribution is -2.17. The molecule has 2 rings (SSSR count). The van der Waals surface area contributed by atoms with Crippen molar-refractivity contribution in [2.75, 3.05) is 17.2 Å². The molecule has 0 saturated carbocycles. The van der Waals surface area contributed by atoms with Gasteiger partial charge in [-0.25, -0.2) is 17.6 Å². The summed E-state index contributed by atoms with van der Waals surface area (Å²) in [5.74, 6) is -5.43. The van der Waals surface area contributed by atoms with Crippen LogP contribution in [0.5, 0.6) is 0 Å². The summed E-state index contributed by atoms with van der Waals surface area (Å²) in [4.78, 5) is 11.6. The highest BCUT2D eigenvalue weighted by atomic mass is 19.2. The molecule has 0 aromatic heterocycles. The van der Waals surface area contributed by atoms with Crippen molar-refractivity contribution in [1.29, 1.82) is 0 Å². The zero-order valence-corrected chi connectivity index (χ0v) is 11.3. The molecule has 0 aliphatic carbocycles. The van der Waals surface area contributed by atoms with Crippen molar-refractivity contribution >= 4 is 17.3 Å². The number of hydrogen-bond acceptors (Lipinski definition) is 2. The first-order chi connectivity index (χ1) is 10.5. The fourth-order valence-electron chi connectivity index (χ4n) is 1.75. The van der Waals surface area contributed by atoms with Gasteiger partial charge in [-0.05, 0) is 30.3 Å². The molecule has 0 heterocycles. The number of nitrogens with one attached hydrogen (secondary N) is 2. The third-order valence-corrected chi connectivity index (χ3v) is 2.82. The molecule has 0 spiro atoms. The molecule has 0 saturated heterocycles. The molecule has 0 aliphatic heterocycles. The van der Waals surface area contributed by atoms with Crippen molar-refractivity contribution in [3.05, 3.63) is 59.7 Å². The number of rotatable bonds is 5. The first-order valence-corrected chi connectivity index (χ1v) is 6.40. The van der Waals surface area contributed by atoms with E-state index >= 15 is 0 Å². The van der Waals surface area contributed by atoms with E-state index in [1.165, 1.54) is 18.2 Å². The fraction of sp³-hybridized carbons (Fsp3) is 0.133. The van der Waals surface area contributed by atoms with Crippen LogP contribution in [0.1, 0.15) is 6.42 Å². The molecule has 116 valence electrons. The molecule has 0 radical (unpaired) electrons. The summed E-state index contributed by atoms with van der Waals surface area (Å²) in [5, 5.41) is 4.95. The monoisotopic (exact) mass is 312 g/mol. The largest absolute Gasteiger partial charge is 0.384 e. The average molecular weight is 312 g/mol. The Hall–Kier alpha value is -2.57. The van der Waals surface area contributed by atoms with Gasteiger partial charge in [-0.15, -0.1) is 0 Å². The van der Waals surface area contributed by atoms with Crippen molar-refractivity contribution < 1.29 is 22.4 Å². The quantitative estimate of drug-likeness (QED) is 0.653. The summed E-state index contributed by atoms with van der Waals surface area (Å²) >= 11 is 0.